The van der Waals surface area contributed by atoms with E-state index in [9.17, 15) is 5.26 Å². The molecule has 4 rings (SSSR count). The van der Waals surface area contributed by atoms with Crippen LogP contribution in [0.15, 0.2) is 48.5 Å². The molecule has 0 aliphatic carbocycles. The van der Waals surface area contributed by atoms with Gasteiger partial charge in [0.25, 0.3) is 0 Å². The summed E-state index contributed by atoms with van der Waals surface area (Å²) < 4.78 is 0. The highest BCUT2D eigenvalue weighted by atomic mass is 14.2. The van der Waals surface area contributed by atoms with Gasteiger partial charge in [0.1, 0.15) is 0 Å². The highest BCUT2D eigenvalue weighted by molar-refractivity contribution is 6.24. The number of hydrogen-bond donors (Lipinski definition) is 0. The first kappa shape index (κ1) is 9.44. The minimum atomic E-state index is 0.736. The number of rotatable bonds is 0. The first-order valence-corrected chi connectivity index (χ1v) is 5.86. The molecule has 1 heteroatoms. The van der Waals surface area contributed by atoms with Crippen LogP contribution in [0, 0.1) is 17.4 Å². The van der Waals surface area contributed by atoms with Crippen LogP contribution < -0.4 is 0 Å². The first-order valence-electron chi connectivity index (χ1n) is 5.86. The second-order valence-corrected chi connectivity index (χ2v) is 4.51. The van der Waals surface area contributed by atoms with Crippen molar-refractivity contribution in [1.82, 2.24) is 0 Å². The van der Waals surface area contributed by atoms with Crippen LogP contribution in [0.5, 0.6) is 0 Å². The van der Waals surface area contributed by atoms with Gasteiger partial charge in [0, 0.05) is 5.39 Å². The molecule has 1 nitrogen and oxygen atoms in total. The Morgan fingerprint density at radius 3 is 2.61 bits per heavy atom. The third kappa shape index (κ3) is 1.05. The van der Waals surface area contributed by atoms with Crippen LogP contribution in [0.25, 0.3) is 32.3 Å². The van der Waals surface area contributed by atoms with E-state index in [0.717, 1.165) is 16.3 Å². The van der Waals surface area contributed by atoms with Gasteiger partial charge in [-0.1, -0.05) is 30.3 Å². The van der Waals surface area contributed by atoms with Crippen molar-refractivity contribution in [3.8, 4) is 6.07 Å². The van der Waals surface area contributed by atoms with Gasteiger partial charge < -0.3 is 0 Å². The Hall–Kier alpha value is -2.59. The van der Waals surface area contributed by atoms with Crippen LogP contribution in [-0.2, 0) is 0 Å². The summed E-state index contributed by atoms with van der Waals surface area (Å²) in [5, 5.41) is 16.2. The summed E-state index contributed by atoms with van der Waals surface area (Å²) >= 11 is 0. The number of nitrogens with zero attached hydrogens (tertiary/aromatic N) is 1. The first-order chi connectivity index (χ1) is 8.88. The van der Waals surface area contributed by atoms with Crippen molar-refractivity contribution < 1.29 is 0 Å². The van der Waals surface area contributed by atoms with Crippen molar-refractivity contribution in [1.29, 1.82) is 5.26 Å². The van der Waals surface area contributed by atoms with Crippen molar-refractivity contribution in [2.75, 3.05) is 0 Å². The molecule has 0 unspecified atom stereocenters. The topological polar surface area (TPSA) is 23.8 Å². The molecule has 0 fully saturated rings. The van der Waals surface area contributed by atoms with Gasteiger partial charge in [-0.3, -0.25) is 0 Å². The Balaban J connectivity index is 2.48. The molecule has 0 aromatic heterocycles. The Morgan fingerprint density at radius 2 is 1.72 bits per heavy atom. The molecule has 0 aliphatic rings. The van der Waals surface area contributed by atoms with E-state index in [2.05, 4.69) is 30.3 Å². The molecule has 0 bridgehead atoms. The fourth-order valence-corrected chi connectivity index (χ4v) is 2.78. The summed E-state index contributed by atoms with van der Waals surface area (Å²) in [6.45, 7) is 0. The van der Waals surface area contributed by atoms with Crippen LogP contribution in [-0.4, -0.2) is 0 Å². The third-order valence-corrected chi connectivity index (χ3v) is 3.55. The second-order valence-electron chi connectivity index (χ2n) is 4.51. The van der Waals surface area contributed by atoms with Gasteiger partial charge in [0.05, 0.1) is 11.6 Å². The Morgan fingerprint density at radius 1 is 0.889 bits per heavy atom. The van der Waals surface area contributed by atoms with Gasteiger partial charge in [-0.25, -0.2) is 0 Å². The zero-order valence-corrected chi connectivity index (χ0v) is 9.57. The summed E-state index contributed by atoms with van der Waals surface area (Å²) in [7, 11) is 0. The quantitative estimate of drug-likeness (QED) is 0.411. The average molecular weight is 226 g/mol. The number of hydrogen-bond acceptors (Lipinski definition) is 1. The maximum Gasteiger partial charge on any atom is 0.0998 e. The van der Waals surface area contributed by atoms with Crippen molar-refractivity contribution >= 4 is 32.3 Å². The summed E-state index contributed by atoms with van der Waals surface area (Å²) in [5.41, 5.74) is 0.736. The standard InChI is InChI=1S/C17H8N/c18-10-14-9-13-5-1-3-11-7-8-12-4-2-6-15(14)17(12)16(11)13/h2-9H. The van der Waals surface area contributed by atoms with E-state index in [-0.39, 0.29) is 0 Å². The largest absolute Gasteiger partial charge is 0.192 e. The molecule has 0 saturated heterocycles. The van der Waals surface area contributed by atoms with Gasteiger partial charge in [-0.05, 0) is 51.2 Å². The SMILES string of the molecule is N#Cc1cc2c[c]cc3ccc4cccc1c4c32. The molecule has 0 aliphatic heterocycles. The zero-order chi connectivity index (χ0) is 12.1. The molecule has 4 aromatic rings. The van der Waals surface area contributed by atoms with Crippen LogP contribution in [0.1, 0.15) is 5.56 Å². The van der Waals surface area contributed by atoms with E-state index in [1.165, 1.54) is 21.5 Å². The normalized spacial score (nSPS) is 11.3. The van der Waals surface area contributed by atoms with Crippen LogP contribution in [0.2, 0.25) is 0 Å². The predicted octanol–water partition coefficient (Wildman–Crippen LogP) is 4.26. The Bertz CT molecular complexity index is 929. The zero-order valence-electron chi connectivity index (χ0n) is 9.57. The molecule has 81 valence electrons. The number of benzene rings is 4. The second kappa shape index (κ2) is 3.21. The van der Waals surface area contributed by atoms with Crippen molar-refractivity contribution in [3.63, 3.8) is 0 Å². The van der Waals surface area contributed by atoms with E-state index >= 15 is 0 Å². The van der Waals surface area contributed by atoms with E-state index in [4.69, 9.17) is 0 Å². The fourth-order valence-electron chi connectivity index (χ4n) is 2.78. The lowest BCUT2D eigenvalue weighted by Gasteiger charge is -2.11. The van der Waals surface area contributed by atoms with Gasteiger partial charge >= 0.3 is 0 Å². The van der Waals surface area contributed by atoms with Gasteiger partial charge in [-0.2, -0.15) is 5.26 Å². The lowest BCUT2D eigenvalue weighted by Crippen LogP contribution is -1.86. The van der Waals surface area contributed by atoms with Gasteiger partial charge in [0.15, 0.2) is 0 Å². The lowest BCUT2D eigenvalue weighted by atomic mass is 9.92. The molecule has 0 atom stereocenters. The maximum absolute atomic E-state index is 9.30. The molecular weight excluding hydrogens is 218 g/mol. The van der Waals surface area contributed by atoms with Crippen molar-refractivity contribution in [2.24, 2.45) is 0 Å². The monoisotopic (exact) mass is 226 g/mol. The molecule has 4 aromatic carbocycles. The van der Waals surface area contributed by atoms with Crippen molar-refractivity contribution in [2.45, 2.75) is 0 Å². The molecule has 1 radical (unpaired) electrons. The fraction of sp³-hybridized carbons (Fsp3) is 0. The van der Waals surface area contributed by atoms with Gasteiger partial charge in [-0.15, -0.1) is 0 Å². The summed E-state index contributed by atoms with van der Waals surface area (Å²) in [4.78, 5) is 0. The van der Waals surface area contributed by atoms with Crippen LogP contribution in [0.4, 0.5) is 0 Å². The summed E-state index contributed by atoms with van der Waals surface area (Å²) in [5.74, 6) is 0. The maximum atomic E-state index is 9.30. The molecule has 0 heterocycles. The number of nitriles is 1. The summed E-state index contributed by atoms with van der Waals surface area (Å²) in [6, 6.07) is 21.7. The Kier molecular flexibility index (Phi) is 1.68. The third-order valence-electron chi connectivity index (χ3n) is 3.55. The van der Waals surface area contributed by atoms with E-state index in [1.54, 1.807) is 0 Å². The Labute approximate surface area is 104 Å². The minimum Gasteiger partial charge on any atom is -0.192 e. The van der Waals surface area contributed by atoms with Crippen molar-refractivity contribution in [3.05, 3.63) is 60.2 Å². The molecule has 0 saturated carbocycles. The lowest BCUT2D eigenvalue weighted by molar-refractivity contribution is 1.51. The molecule has 0 N–H and O–H groups in total. The van der Waals surface area contributed by atoms with E-state index < -0.39 is 0 Å². The predicted molar refractivity (Wildman–Crippen MR) is 73.7 cm³/mol. The van der Waals surface area contributed by atoms with E-state index in [0.29, 0.717) is 0 Å². The highest BCUT2D eigenvalue weighted by Crippen LogP contribution is 2.35. The molecular formula is C17H8N. The van der Waals surface area contributed by atoms with Crippen LogP contribution in [0.3, 0.4) is 0 Å². The van der Waals surface area contributed by atoms with E-state index in [1.807, 2.05) is 30.3 Å². The summed E-state index contributed by atoms with van der Waals surface area (Å²) in [6.07, 6.45) is 0. The average Bonchev–Trinajstić information content (AvgIpc) is 2.44. The molecule has 18 heavy (non-hydrogen) atoms. The highest BCUT2D eigenvalue weighted by Gasteiger charge is 2.10. The van der Waals surface area contributed by atoms with Gasteiger partial charge in [0.2, 0.25) is 0 Å². The van der Waals surface area contributed by atoms with Crippen LogP contribution >= 0.6 is 0 Å². The molecule has 0 spiro atoms. The smallest absolute Gasteiger partial charge is 0.0998 e. The minimum absolute atomic E-state index is 0.736. The molecule has 0 amide bonds.